The lowest BCUT2D eigenvalue weighted by molar-refractivity contribution is -0.137. The molecule has 3 rings (SSSR count). The van der Waals surface area contributed by atoms with Gasteiger partial charge in [0.2, 0.25) is 5.91 Å². The molecule has 1 aliphatic heterocycles. The molecule has 0 spiro atoms. The highest BCUT2D eigenvalue weighted by atomic mass is 16.5. The number of benzene rings is 1. The van der Waals surface area contributed by atoms with Crippen LogP contribution in [0.15, 0.2) is 42.5 Å². The minimum Gasteiger partial charge on any atom is -0.487 e. The van der Waals surface area contributed by atoms with Gasteiger partial charge in [0, 0.05) is 31.9 Å². The van der Waals surface area contributed by atoms with Gasteiger partial charge in [0.25, 0.3) is 0 Å². The van der Waals surface area contributed by atoms with E-state index in [4.69, 9.17) is 4.74 Å². The second-order valence-electron chi connectivity index (χ2n) is 7.79. The van der Waals surface area contributed by atoms with Crippen LogP contribution in [0.4, 0.5) is 0 Å². The van der Waals surface area contributed by atoms with Crippen molar-refractivity contribution in [3.8, 4) is 5.75 Å². The Labute approximate surface area is 174 Å². The monoisotopic (exact) mass is 395 g/mol. The quantitative estimate of drug-likeness (QED) is 0.676. The van der Waals surface area contributed by atoms with E-state index in [0.717, 1.165) is 62.7 Å². The molecule has 0 N–H and O–H groups in total. The molecular formula is C24H33N3O2. The van der Waals surface area contributed by atoms with Crippen molar-refractivity contribution in [2.24, 2.45) is 5.92 Å². The highest BCUT2D eigenvalue weighted by Crippen LogP contribution is 2.22. The molecule has 0 radical (unpaired) electrons. The molecule has 1 atom stereocenters. The number of rotatable bonds is 8. The number of aromatic nitrogens is 1. The summed E-state index contributed by atoms with van der Waals surface area (Å²) < 4.78 is 5.95. The van der Waals surface area contributed by atoms with E-state index in [2.05, 4.69) is 35.9 Å². The van der Waals surface area contributed by atoms with E-state index in [-0.39, 0.29) is 5.92 Å². The van der Waals surface area contributed by atoms with Gasteiger partial charge in [0.05, 0.1) is 11.6 Å². The van der Waals surface area contributed by atoms with Crippen LogP contribution in [-0.4, -0.2) is 46.9 Å². The smallest absolute Gasteiger partial charge is 0.226 e. The summed E-state index contributed by atoms with van der Waals surface area (Å²) in [5.41, 5.74) is 3.15. The Hall–Kier alpha value is -2.40. The molecule has 0 saturated carbocycles. The van der Waals surface area contributed by atoms with Crippen molar-refractivity contribution in [2.45, 2.75) is 46.8 Å². The molecule has 1 fully saturated rings. The van der Waals surface area contributed by atoms with Crippen LogP contribution >= 0.6 is 0 Å². The fourth-order valence-corrected chi connectivity index (χ4v) is 4.02. The Morgan fingerprint density at radius 1 is 1.21 bits per heavy atom. The van der Waals surface area contributed by atoms with Gasteiger partial charge in [-0.05, 0) is 70.0 Å². The second-order valence-corrected chi connectivity index (χ2v) is 7.79. The van der Waals surface area contributed by atoms with E-state index in [0.29, 0.717) is 12.5 Å². The van der Waals surface area contributed by atoms with Gasteiger partial charge in [-0.1, -0.05) is 18.2 Å². The number of piperidine rings is 1. The average molecular weight is 396 g/mol. The number of pyridine rings is 1. The Kier molecular flexibility index (Phi) is 7.64. The predicted molar refractivity (Wildman–Crippen MR) is 116 cm³/mol. The van der Waals surface area contributed by atoms with Gasteiger partial charge in [-0.2, -0.15) is 0 Å². The van der Waals surface area contributed by atoms with E-state index in [1.807, 2.05) is 42.2 Å². The summed E-state index contributed by atoms with van der Waals surface area (Å²) in [6, 6.07) is 14.2. The normalized spacial score (nSPS) is 17.1. The lowest BCUT2D eigenvalue weighted by Crippen LogP contribution is -2.44. The van der Waals surface area contributed by atoms with Gasteiger partial charge < -0.3 is 9.64 Å². The molecule has 2 heterocycles. The molecule has 1 amide bonds. The first-order valence-electron chi connectivity index (χ1n) is 10.7. The Balaban J connectivity index is 1.57. The van der Waals surface area contributed by atoms with E-state index in [9.17, 15) is 4.79 Å². The number of aryl methyl sites for hydroxylation is 1. The van der Waals surface area contributed by atoms with Crippen LogP contribution in [0.1, 0.15) is 43.6 Å². The molecule has 1 aromatic heterocycles. The summed E-state index contributed by atoms with van der Waals surface area (Å²) in [7, 11) is 0. The first-order chi connectivity index (χ1) is 14.1. The fraction of sp³-hybridized carbons (Fsp3) is 0.500. The van der Waals surface area contributed by atoms with Crippen molar-refractivity contribution in [3.63, 3.8) is 0 Å². The van der Waals surface area contributed by atoms with Crippen LogP contribution in [0.3, 0.4) is 0 Å². The lowest BCUT2D eigenvalue weighted by atomic mass is 9.96. The van der Waals surface area contributed by atoms with E-state index < -0.39 is 0 Å². The van der Waals surface area contributed by atoms with Crippen LogP contribution in [-0.2, 0) is 17.9 Å². The van der Waals surface area contributed by atoms with Gasteiger partial charge in [-0.3, -0.25) is 14.7 Å². The van der Waals surface area contributed by atoms with Crippen molar-refractivity contribution in [2.75, 3.05) is 26.2 Å². The van der Waals surface area contributed by atoms with Crippen LogP contribution in [0, 0.1) is 12.8 Å². The average Bonchev–Trinajstić information content (AvgIpc) is 2.74. The van der Waals surface area contributed by atoms with Crippen molar-refractivity contribution in [1.29, 1.82) is 0 Å². The van der Waals surface area contributed by atoms with Gasteiger partial charge in [0.15, 0.2) is 0 Å². The molecule has 2 aromatic rings. The highest BCUT2D eigenvalue weighted by molar-refractivity contribution is 5.79. The van der Waals surface area contributed by atoms with Crippen molar-refractivity contribution >= 4 is 5.91 Å². The van der Waals surface area contributed by atoms with Crippen LogP contribution < -0.4 is 4.74 Å². The fourth-order valence-electron chi connectivity index (χ4n) is 4.02. The molecule has 156 valence electrons. The SMILES string of the molecule is CCN(CC)C(=O)C1CCCN(Cc2cccc(OCc3cccc(C)n3)c2)C1. The number of nitrogens with zero attached hydrogens (tertiary/aromatic N) is 3. The van der Waals surface area contributed by atoms with E-state index >= 15 is 0 Å². The topological polar surface area (TPSA) is 45.7 Å². The maximum absolute atomic E-state index is 12.7. The number of carbonyl (C=O) groups excluding carboxylic acids is 1. The zero-order valence-corrected chi connectivity index (χ0v) is 17.9. The van der Waals surface area contributed by atoms with Crippen molar-refractivity contribution in [1.82, 2.24) is 14.8 Å². The highest BCUT2D eigenvalue weighted by Gasteiger charge is 2.28. The standard InChI is InChI=1S/C24H33N3O2/c1-4-27(5-2)24(28)21-11-8-14-26(17-21)16-20-10-7-13-23(15-20)29-18-22-12-6-9-19(3)25-22/h6-7,9-10,12-13,15,21H,4-5,8,11,14,16-18H2,1-3H3. The third-order valence-electron chi connectivity index (χ3n) is 5.57. The molecular weight excluding hydrogens is 362 g/mol. The number of amides is 1. The zero-order valence-electron chi connectivity index (χ0n) is 17.9. The molecule has 29 heavy (non-hydrogen) atoms. The van der Waals surface area contributed by atoms with Gasteiger partial charge in [-0.15, -0.1) is 0 Å². The Morgan fingerprint density at radius 2 is 2.00 bits per heavy atom. The van der Waals surface area contributed by atoms with Gasteiger partial charge in [0.1, 0.15) is 12.4 Å². The molecule has 5 heteroatoms. The minimum absolute atomic E-state index is 0.121. The number of hydrogen-bond donors (Lipinski definition) is 0. The number of hydrogen-bond acceptors (Lipinski definition) is 4. The minimum atomic E-state index is 0.121. The molecule has 0 aliphatic carbocycles. The summed E-state index contributed by atoms with van der Waals surface area (Å²) in [5.74, 6) is 1.29. The number of likely N-dealkylation sites (tertiary alicyclic amines) is 1. The summed E-state index contributed by atoms with van der Waals surface area (Å²) in [5, 5.41) is 0. The molecule has 1 aliphatic rings. The first-order valence-corrected chi connectivity index (χ1v) is 10.7. The Morgan fingerprint density at radius 3 is 2.76 bits per heavy atom. The van der Waals surface area contributed by atoms with Crippen LogP contribution in [0.2, 0.25) is 0 Å². The summed E-state index contributed by atoms with van der Waals surface area (Å²) in [6.07, 6.45) is 2.07. The summed E-state index contributed by atoms with van der Waals surface area (Å²) in [4.78, 5) is 21.6. The van der Waals surface area contributed by atoms with Crippen LogP contribution in [0.25, 0.3) is 0 Å². The second kappa shape index (κ2) is 10.4. The largest absolute Gasteiger partial charge is 0.487 e. The summed E-state index contributed by atoms with van der Waals surface area (Å²) >= 11 is 0. The van der Waals surface area contributed by atoms with Gasteiger partial charge >= 0.3 is 0 Å². The van der Waals surface area contributed by atoms with Gasteiger partial charge in [-0.25, -0.2) is 0 Å². The first kappa shape index (κ1) is 21.3. The van der Waals surface area contributed by atoms with Crippen molar-refractivity contribution < 1.29 is 9.53 Å². The maximum Gasteiger partial charge on any atom is 0.226 e. The predicted octanol–water partition coefficient (Wildman–Crippen LogP) is 4.05. The summed E-state index contributed by atoms with van der Waals surface area (Å²) in [6.45, 7) is 10.9. The van der Waals surface area contributed by atoms with E-state index in [1.165, 1.54) is 5.56 Å². The molecule has 0 bridgehead atoms. The molecule has 1 saturated heterocycles. The van der Waals surface area contributed by atoms with Crippen molar-refractivity contribution in [3.05, 3.63) is 59.4 Å². The third-order valence-corrected chi connectivity index (χ3v) is 5.57. The van der Waals surface area contributed by atoms with Crippen LogP contribution in [0.5, 0.6) is 5.75 Å². The lowest BCUT2D eigenvalue weighted by Gasteiger charge is -2.34. The Bertz CT molecular complexity index is 804. The number of carbonyl (C=O) groups is 1. The molecule has 5 nitrogen and oxygen atoms in total. The molecule has 1 aromatic carbocycles. The zero-order chi connectivity index (χ0) is 20.6. The maximum atomic E-state index is 12.7. The molecule has 1 unspecified atom stereocenters. The number of ether oxygens (including phenoxy) is 1. The third kappa shape index (κ3) is 6.04. The van der Waals surface area contributed by atoms with E-state index in [1.54, 1.807) is 0 Å².